The maximum atomic E-state index is 12.6. The first kappa shape index (κ1) is 17.6. The van der Waals surface area contributed by atoms with E-state index in [1.54, 1.807) is 0 Å². The first-order valence-electron chi connectivity index (χ1n) is 8.70. The van der Waals surface area contributed by atoms with Crippen LogP contribution in [0, 0.1) is 5.92 Å². The van der Waals surface area contributed by atoms with Crippen molar-refractivity contribution in [3.8, 4) is 0 Å². The van der Waals surface area contributed by atoms with Crippen molar-refractivity contribution in [2.75, 3.05) is 0 Å². The van der Waals surface area contributed by atoms with E-state index in [9.17, 15) is 18.0 Å². The van der Waals surface area contributed by atoms with Gasteiger partial charge in [0, 0.05) is 13.0 Å². The lowest BCUT2D eigenvalue weighted by Gasteiger charge is -2.08. The Labute approximate surface area is 154 Å². The third-order valence-corrected chi connectivity index (χ3v) is 5.09. The van der Waals surface area contributed by atoms with Gasteiger partial charge in [0.15, 0.2) is 0 Å². The number of alkyl halides is 3. The molecule has 1 heterocycles. The van der Waals surface area contributed by atoms with Crippen LogP contribution in [0.3, 0.4) is 0 Å². The predicted molar refractivity (Wildman–Crippen MR) is 94.9 cm³/mol. The van der Waals surface area contributed by atoms with Crippen LogP contribution < -0.4 is 5.32 Å². The molecule has 0 spiro atoms. The molecule has 27 heavy (non-hydrogen) atoms. The van der Waals surface area contributed by atoms with Crippen molar-refractivity contribution in [1.29, 1.82) is 0 Å². The summed E-state index contributed by atoms with van der Waals surface area (Å²) in [6.07, 6.45) is -3.69. The van der Waals surface area contributed by atoms with Crippen LogP contribution in [0.25, 0.3) is 11.0 Å². The Morgan fingerprint density at radius 3 is 2.56 bits per heavy atom. The van der Waals surface area contributed by atoms with Crippen LogP contribution in [-0.4, -0.2) is 15.5 Å². The van der Waals surface area contributed by atoms with Crippen molar-refractivity contribution in [1.82, 2.24) is 14.9 Å². The summed E-state index contributed by atoms with van der Waals surface area (Å²) >= 11 is 0. The number of halogens is 3. The fraction of sp³-hybridized carbons (Fsp3) is 0.300. The van der Waals surface area contributed by atoms with Crippen molar-refractivity contribution < 1.29 is 18.0 Å². The average molecular weight is 373 g/mol. The number of hydrogen-bond donors (Lipinski definition) is 1. The quantitative estimate of drug-likeness (QED) is 0.751. The number of carbonyl (C=O) groups excluding carboxylic acids is 1. The Morgan fingerprint density at radius 1 is 1.19 bits per heavy atom. The number of hydrogen-bond acceptors (Lipinski definition) is 2. The molecule has 140 valence electrons. The Kier molecular flexibility index (Phi) is 4.17. The maximum absolute atomic E-state index is 12.6. The van der Waals surface area contributed by atoms with Crippen molar-refractivity contribution in [2.45, 2.75) is 25.1 Å². The summed E-state index contributed by atoms with van der Waals surface area (Å²) in [5.74, 6) is 0.451. The van der Waals surface area contributed by atoms with Gasteiger partial charge in [0.25, 0.3) is 0 Å². The fourth-order valence-corrected chi connectivity index (χ4v) is 3.42. The third-order valence-electron chi connectivity index (χ3n) is 5.09. The van der Waals surface area contributed by atoms with Gasteiger partial charge < -0.3 is 9.88 Å². The lowest BCUT2D eigenvalue weighted by Crippen LogP contribution is -2.26. The van der Waals surface area contributed by atoms with E-state index in [2.05, 4.69) is 10.3 Å². The van der Waals surface area contributed by atoms with E-state index in [4.69, 9.17) is 0 Å². The molecule has 0 aliphatic heterocycles. The molecule has 1 N–H and O–H groups in total. The number of amides is 1. The number of aryl methyl sites for hydroxylation is 1. The number of benzene rings is 2. The summed E-state index contributed by atoms with van der Waals surface area (Å²) in [7, 11) is 1.90. The molecule has 1 aliphatic carbocycles. The highest BCUT2D eigenvalue weighted by molar-refractivity contribution is 5.83. The van der Waals surface area contributed by atoms with Crippen LogP contribution in [0.15, 0.2) is 48.5 Å². The van der Waals surface area contributed by atoms with Gasteiger partial charge >= 0.3 is 6.18 Å². The summed E-state index contributed by atoms with van der Waals surface area (Å²) in [6, 6.07) is 12.8. The zero-order valence-electron chi connectivity index (χ0n) is 14.6. The molecule has 0 bridgehead atoms. The molecule has 2 aromatic carbocycles. The van der Waals surface area contributed by atoms with Crippen molar-refractivity contribution in [3.63, 3.8) is 0 Å². The molecule has 2 atom stereocenters. The largest absolute Gasteiger partial charge is 0.416 e. The lowest BCUT2D eigenvalue weighted by atomic mass is 10.1. The van der Waals surface area contributed by atoms with Gasteiger partial charge in [-0.3, -0.25) is 4.79 Å². The van der Waals surface area contributed by atoms with Crippen LogP contribution in [0.4, 0.5) is 13.2 Å². The molecule has 0 unspecified atom stereocenters. The van der Waals surface area contributed by atoms with Crippen molar-refractivity contribution in [2.24, 2.45) is 13.0 Å². The number of nitrogens with zero attached hydrogens (tertiary/aromatic N) is 2. The van der Waals surface area contributed by atoms with Gasteiger partial charge in [-0.1, -0.05) is 24.3 Å². The number of fused-ring (bicyclic) bond motifs is 1. The number of imidazole rings is 1. The Bertz CT molecular complexity index is 992. The molecule has 1 aliphatic rings. The minimum absolute atomic E-state index is 0.0206. The first-order chi connectivity index (χ1) is 12.8. The zero-order valence-corrected chi connectivity index (χ0v) is 14.6. The van der Waals surface area contributed by atoms with E-state index < -0.39 is 11.7 Å². The summed E-state index contributed by atoms with van der Waals surface area (Å²) in [4.78, 5) is 16.9. The van der Waals surface area contributed by atoms with Crippen molar-refractivity contribution >= 4 is 16.9 Å². The fourth-order valence-electron chi connectivity index (χ4n) is 3.42. The smallest absolute Gasteiger partial charge is 0.349 e. The monoisotopic (exact) mass is 373 g/mol. The first-order valence-corrected chi connectivity index (χ1v) is 8.70. The molecule has 4 rings (SSSR count). The number of para-hydroxylation sites is 2. The summed E-state index contributed by atoms with van der Waals surface area (Å²) < 4.78 is 39.9. The summed E-state index contributed by atoms with van der Waals surface area (Å²) in [5.41, 5.74) is 1.97. The predicted octanol–water partition coefficient (Wildman–Crippen LogP) is 4.01. The third kappa shape index (κ3) is 3.41. The van der Waals surface area contributed by atoms with Crippen molar-refractivity contribution in [3.05, 3.63) is 65.5 Å². The number of nitrogens with one attached hydrogen (secondary N) is 1. The van der Waals surface area contributed by atoms with Crippen LogP contribution in [-0.2, 0) is 24.6 Å². The van der Waals surface area contributed by atoms with E-state index in [1.807, 2.05) is 35.9 Å². The second-order valence-corrected chi connectivity index (χ2v) is 6.86. The Balaban J connectivity index is 1.38. The Hall–Kier alpha value is -2.83. The topological polar surface area (TPSA) is 46.9 Å². The minimum atomic E-state index is -4.34. The highest BCUT2D eigenvalue weighted by atomic mass is 19.4. The molecule has 1 amide bonds. The molecular formula is C20H18F3N3O. The van der Waals surface area contributed by atoms with Gasteiger partial charge in [-0.15, -0.1) is 0 Å². The Morgan fingerprint density at radius 2 is 1.89 bits per heavy atom. The number of carbonyl (C=O) groups is 1. The molecule has 0 saturated heterocycles. The minimum Gasteiger partial charge on any atom is -0.349 e. The molecule has 1 aromatic heterocycles. The van der Waals surface area contributed by atoms with Gasteiger partial charge in [0.05, 0.1) is 23.1 Å². The van der Waals surface area contributed by atoms with E-state index in [0.29, 0.717) is 13.0 Å². The molecule has 0 radical (unpaired) electrons. The second kappa shape index (κ2) is 6.40. The van der Waals surface area contributed by atoms with Crippen LogP contribution in [0.1, 0.15) is 29.3 Å². The van der Waals surface area contributed by atoms with Crippen LogP contribution >= 0.6 is 0 Å². The van der Waals surface area contributed by atoms with Gasteiger partial charge in [0.2, 0.25) is 5.91 Å². The normalized spacial score (nSPS) is 19.3. The van der Waals surface area contributed by atoms with E-state index in [-0.39, 0.29) is 17.7 Å². The molecular weight excluding hydrogens is 355 g/mol. The number of aromatic nitrogens is 2. The maximum Gasteiger partial charge on any atom is 0.416 e. The second-order valence-electron chi connectivity index (χ2n) is 6.86. The van der Waals surface area contributed by atoms with E-state index >= 15 is 0 Å². The van der Waals surface area contributed by atoms with E-state index in [0.717, 1.165) is 34.6 Å². The standard InChI is InChI=1S/C20H18F3N3O/c1-26-17-5-3-2-4-16(17)25-18(26)11-24-19(27)15-10-14(15)12-6-8-13(9-7-12)20(21,22)23/h2-9,14-15H,10-11H2,1H3,(H,24,27)/t14-,15-/m0/s1. The molecule has 1 fully saturated rings. The average Bonchev–Trinajstić information content (AvgIpc) is 3.39. The van der Waals surface area contributed by atoms with Crippen LogP contribution in [0.2, 0.25) is 0 Å². The van der Waals surface area contributed by atoms with Gasteiger partial charge in [-0.05, 0) is 42.2 Å². The zero-order chi connectivity index (χ0) is 19.2. The summed E-state index contributed by atoms with van der Waals surface area (Å²) in [6.45, 7) is 0.320. The number of rotatable bonds is 4. The van der Waals surface area contributed by atoms with Gasteiger partial charge in [-0.25, -0.2) is 4.98 Å². The van der Waals surface area contributed by atoms with Gasteiger partial charge in [0.1, 0.15) is 5.82 Å². The van der Waals surface area contributed by atoms with Gasteiger partial charge in [-0.2, -0.15) is 13.2 Å². The highest BCUT2D eigenvalue weighted by Crippen LogP contribution is 2.48. The van der Waals surface area contributed by atoms with Crippen LogP contribution in [0.5, 0.6) is 0 Å². The molecule has 1 saturated carbocycles. The molecule has 4 nitrogen and oxygen atoms in total. The molecule has 7 heteroatoms. The summed E-state index contributed by atoms with van der Waals surface area (Å²) in [5, 5.41) is 2.90. The van der Waals surface area contributed by atoms with E-state index in [1.165, 1.54) is 12.1 Å². The SMILES string of the molecule is Cn1c(CNC(=O)[C@H]2C[C@H]2c2ccc(C(F)(F)F)cc2)nc2ccccc21. The molecule has 3 aromatic rings. The highest BCUT2D eigenvalue weighted by Gasteiger charge is 2.44. The lowest BCUT2D eigenvalue weighted by molar-refractivity contribution is -0.137.